The van der Waals surface area contributed by atoms with E-state index in [0.717, 1.165) is 42.4 Å². The number of aromatic nitrogens is 1. The van der Waals surface area contributed by atoms with E-state index in [4.69, 9.17) is 10.5 Å². The molecule has 31 heavy (non-hydrogen) atoms. The summed E-state index contributed by atoms with van der Waals surface area (Å²) < 4.78 is 5.92. The van der Waals surface area contributed by atoms with Crippen LogP contribution in [-0.4, -0.2) is 42.0 Å². The van der Waals surface area contributed by atoms with Gasteiger partial charge in [0.1, 0.15) is 0 Å². The number of thiazole rings is 1. The number of nitrogens with two attached hydrogens (primary N) is 1. The zero-order valence-corrected chi connectivity index (χ0v) is 20.5. The quantitative estimate of drug-likeness (QED) is 0.273. The number of aliphatic imine (C=N–C) groups is 1. The number of nitrogens with zero attached hydrogens (tertiary/aromatic N) is 4. The van der Waals surface area contributed by atoms with Gasteiger partial charge in [0.2, 0.25) is 0 Å². The van der Waals surface area contributed by atoms with E-state index in [1.165, 1.54) is 5.56 Å². The van der Waals surface area contributed by atoms with Crippen molar-refractivity contribution >= 4 is 46.4 Å². The third-order valence-electron chi connectivity index (χ3n) is 5.19. The fourth-order valence-electron chi connectivity index (χ4n) is 3.47. The Hall–Kier alpha value is -2.17. The van der Waals surface area contributed by atoms with Crippen LogP contribution in [0.1, 0.15) is 16.7 Å². The minimum absolute atomic E-state index is 0. The maximum atomic E-state index is 6.30. The van der Waals surface area contributed by atoms with E-state index in [2.05, 4.69) is 44.0 Å². The van der Waals surface area contributed by atoms with E-state index in [1.54, 1.807) is 11.3 Å². The molecule has 1 aromatic heterocycles. The van der Waals surface area contributed by atoms with Gasteiger partial charge in [0.25, 0.3) is 0 Å². The van der Waals surface area contributed by atoms with E-state index >= 15 is 0 Å². The van der Waals surface area contributed by atoms with Crippen molar-refractivity contribution in [3.63, 3.8) is 0 Å². The molecule has 1 fully saturated rings. The average molecular weight is 549 g/mol. The van der Waals surface area contributed by atoms with Gasteiger partial charge in [-0.2, -0.15) is 0 Å². The Labute approximate surface area is 204 Å². The first-order valence-electron chi connectivity index (χ1n) is 10.2. The second-order valence-electron chi connectivity index (χ2n) is 7.21. The molecule has 8 heteroatoms. The molecule has 0 spiro atoms. The van der Waals surface area contributed by atoms with E-state index in [0.29, 0.717) is 25.7 Å². The maximum absolute atomic E-state index is 6.30. The highest BCUT2D eigenvalue weighted by Crippen LogP contribution is 2.19. The van der Waals surface area contributed by atoms with Crippen molar-refractivity contribution in [2.45, 2.75) is 19.8 Å². The zero-order chi connectivity index (χ0) is 20.6. The highest BCUT2D eigenvalue weighted by Gasteiger charge is 2.19. The van der Waals surface area contributed by atoms with Crippen molar-refractivity contribution in [1.29, 1.82) is 0 Å². The summed E-state index contributed by atoms with van der Waals surface area (Å²) in [6.07, 6.45) is 1.85. The summed E-state index contributed by atoms with van der Waals surface area (Å²) in [5.41, 5.74) is 9.77. The number of benzene rings is 2. The Morgan fingerprint density at radius 1 is 0.968 bits per heavy atom. The van der Waals surface area contributed by atoms with E-state index in [1.807, 2.05) is 41.9 Å². The Morgan fingerprint density at radius 2 is 1.68 bits per heavy atom. The van der Waals surface area contributed by atoms with Crippen LogP contribution in [0.2, 0.25) is 0 Å². The number of hydrogen-bond donors (Lipinski definition) is 1. The second-order valence-corrected chi connectivity index (χ2v) is 8.08. The summed E-state index contributed by atoms with van der Waals surface area (Å²) in [4.78, 5) is 13.5. The maximum Gasteiger partial charge on any atom is 0.191 e. The van der Waals surface area contributed by atoms with E-state index in [9.17, 15) is 0 Å². The van der Waals surface area contributed by atoms with Gasteiger partial charge in [0.05, 0.1) is 19.8 Å². The molecule has 2 heterocycles. The lowest BCUT2D eigenvalue weighted by Crippen LogP contribution is -2.51. The van der Waals surface area contributed by atoms with Crippen molar-refractivity contribution in [3.8, 4) is 0 Å². The molecule has 1 saturated heterocycles. The van der Waals surface area contributed by atoms with Gasteiger partial charge in [0, 0.05) is 37.8 Å². The molecule has 0 unspecified atom stereocenters. The second kappa shape index (κ2) is 12.0. The first kappa shape index (κ1) is 23.5. The summed E-state index contributed by atoms with van der Waals surface area (Å²) in [7, 11) is 0. The summed E-state index contributed by atoms with van der Waals surface area (Å²) in [5, 5.41) is 3.09. The van der Waals surface area contributed by atoms with Gasteiger partial charge < -0.3 is 20.3 Å². The third kappa shape index (κ3) is 6.65. The average Bonchev–Trinajstić information content (AvgIpc) is 3.34. The molecule has 0 aliphatic carbocycles. The number of ether oxygens (including phenoxy) is 1. The lowest BCUT2D eigenvalue weighted by atomic mass is 10.1. The predicted molar refractivity (Wildman–Crippen MR) is 138 cm³/mol. The molecule has 164 valence electrons. The molecule has 3 aromatic rings. The van der Waals surface area contributed by atoms with Crippen molar-refractivity contribution in [1.82, 2.24) is 9.88 Å². The van der Waals surface area contributed by atoms with Gasteiger partial charge in [-0.3, -0.25) is 0 Å². The Morgan fingerprint density at radius 3 is 2.39 bits per heavy atom. The molecule has 0 saturated carbocycles. The Kier molecular flexibility index (Phi) is 9.11. The minimum Gasteiger partial charge on any atom is -0.372 e. The molecule has 1 aliphatic rings. The van der Waals surface area contributed by atoms with Crippen LogP contribution in [0, 0.1) is 0 Å². The summed E-state index contributed by atoms with van der Waals surface area (Å²) >= 11 is 1.68. The van der Waals surface area contributed by atoms with Crippen LogP contribution < -0.4 is 10.6 Å². The lowest BCUT2D eigenvalue weighted by Gasteiger charge is -2.35. The summed E-state index contributed by atoms with van der Waals surface area (Å²) in [6, 6.07) is 18.5. The van der Waals surface area contributed by atoms with Crippen LogP contribution >= 0.6 is 35.3 Å². The highest BCUT2D eigenvalue weighted by molar-refractivity contribution is 14.0. The normalized spacial score (nSPS) is 14.4. The lowest BCUT2D eigenvalue weighted by molar-refractivity contribution is 0.106. The summed E-state index contributed by atoms with van der Waals surface area (Å²) in [5.74, 6) is 0.605. The molecule has 6 nitrogen and oxygen atoms in total. The molecule has 2 N–H and O–H groups in total. The number of rotatable bonds is 7. The van der Waals surface area contributed by atoms with Gasteiger partial charge in [-0.1, -0.05) is 54.6 Å². The SMILES string of the molecule is I.NC(=NCc1ccccc1COCc1ccccc1)N1CCN(c2nccs2)CC1. The fourth-order valence-corrected chi connectivity index (χ4v) is 4.17. The van der Waals surface area contributed by atoms with Crippen molar-refractivity contribution in [3.05, 3.63) is 82.9 Å². The van der Waals surface area contributed by atoms with Crippen molar-refractivity contribution < 1.29 is 4.74 Å². The Bertz CT molecular complexity index is 944. The van der Waals surface area contributed by atoms with Crippen LogP contribution in [0.15, 0.2) is 71.2 Å². The minimum atomic E-state index is 0. The predicted octanol–water partition coefficient (Wildman–Crippen LogP) is 4.11. The molecule has 0 atom stereocenters. The fraction of sp³-hybridized carbons (Fsp3) is 0.304. The van der Waals surface area contributed by atoms with E-state index in [-0.39, 0.29) is 24.0 Å². The van der Waals surface area contributed by atoms with Crippen LogP contribution in [0.5, 0.6) is 0 Å². The van der Waals surface area contributed by atoms with Crippen molar-refractivity contribution in [2.75, 3.05) is 31.1 Å². The van der Waals surface area contributed by atoms with Gasteiger partial charge in [-0.05, 0) is 16.7 Å². The number of anilines is 1. The van der Waals surface area contributed by atoms with E-state index < -0.39 is 0 Å². The monoisotopic (exact) mass is 549 g/mol. The highest BCUT2D eigenvalue weighted by atomic mass is 127. The van der Waals surface area contributed by atoms with Crippen LogP contribution in [0.25, 0.3) is 0 Å². The largest absolute Gasteiger partial charge is 0.372 e. The van der Waals surface area contributed by atoms with Gasteiger partial charge in [0.15, 0.2) is 11.1 Å². The summed E-state index contributed by atoms with van der Waals surface area (Å²) in [6.45, 7) is 5.26. The standard InChI is InChI=1S/C23H27N5OS.HI/c24-22(27-11-13-28(14-12-27)23-25-10-15-30-23)26-16-20-8-4-5-9-21(20)18-29-17-19-6-2-1-3-7-19;/h1-10,15H,11-14,16-18H2,(H2,24,26);1H. The van der Waals surface area contributed by atoms with Crippen LogP contribution in [-0.2, 0) is 24.5 Å². The van der Waals surface area contributed by atoms with Gasteiger partial charge in [-0.15, -0.1) is 35.3 Å². The van der Waals surface area contributed by atoms with Gasteiger partial charge in [-0.25, -0.2) is 9.98 Å². The third-order valence-corrected chi connectivity index (χ3v) is 6.02. The zero-order valence-electron chi connectivity index (χ0n) is 17.4. The molecular formula is C23H28IN5OS. The van der Waals surface area contributed by atoms with Gasteiger partial charge >= 0.3 is 0 Å². The topological polar surface area (TPSA) is 67.0 Å². The molecule has 0 radical (unpaired) electrons. The number of hydrogen-bond acceptors (Lipinski definition) is 5. The Balaban J connectivity index is 0.00000272. The molecular weight excluding hydrogens is 521 g/mol. The number of piperazine rings is 1. The molecule has 0 bridgehead atoms. The molecule has 0 amide bonds. The van der Waals surface area contributed by atoms with Crippen molar-refractivity contribution in [2.24, 2.45) is 10.7 Å². The number of halogens is 1. The molecule has 2 aromatic carbocycles. The van der Waals surface area contributed by atoms with Crippen LogP contribution in [0.4, 0.5) is 5.13 Å². The molecule has 4 rings (SSSR count). The number of guanidine groups is 1. The molecule has 1 aliphatic heterocycles. The smallest absolute Gasteiger partial charge is 0.191 e. The first-order chi connectivity index (χ1) is 14.8. The van der Waals surface area contributed by atoms with Crippen LogP contribution in [0.3, 0.4) is 0 Å². The first-order valence-corrected chi connectivity index (χ1v) is 11.1.